The second-order valence-corrected chi connectivity index (χ2v) is 5.51. The van der Waals surface area contributed by atoms with Gasteiger partial charge in [-0.3, -0.25) is 0 Å². The zero-order valence-electron chi connectivity index (χ0n) is 11.6. The van der Waals surface area contributed by atoms with Crippen molar-refractivity contribution in [3.63, 3.8) is 0 Å². The highest BCUT2D eigenvalue weighted by Crippen LogP contribution is 2.28. The summed E-state index contributed by atoms with van der Waals surface area (Å²) in [5, 5.41) is 15.8. The lowest BCUT2D eigenvalue weighted by Gasteiger charge is -2.22. The summed E-state index contributed by atoms with van der Waals surface area (Å²) in [4.78, 5) is 11.9. The summed E-state index contributed by atoms with van der Waals surface area (Å²) in [6, 6.07) is 5.65. The molecule has 1 aromatic rings. The van der Waals surface area contributed by atoms with Crippen molar-refractivity contribution in [2.45, 2.75) is 45.1 Å². The van der Waals surface area contributed by atoms with Crippen LogP contribution in [0.3, 0.4) is 0 Å². The maximum atomic E-state index is 11.9. The lowest BCUT2D eigenvalue weighted by molar-refractivity contribution is 0.0506. The zero-order chi connectivity index (χ0) is 13.9. The van der Waals surface area contributed by atoms with Crippen LogP contribution in [0.2, 0.25) is 0 Å². The van der Waals surface area contributed by atoms with Gasteiger partial charge in [-0.1, -0.05) is 31.0 Å². The second-order valence-electron chi connectivity index (χ2n) is 5.51. The van der Waals surface area contributed by atoms with Crippen LogP contribution < -0.4 is 10.6 Å². The van der Waals surface area contributed by atoms with Crippen LogP contribution in [0.25, 0.3) is 0 Å². The van der Waals surface area contributed by atoms with Crippen molar-refractivity contribution < 1.29 is 9.90 Å². The van der Waals surface area contributed by atoms with Crippen LogP contribution in [-0.4, -0.2) is 23.3 Å². The molecule has 1 fully saturated rings. The van der Waals surface area contributed by atoms with Crippen LogP contribution in [0.5, 0.6) is 0 Å². The monoisotopic (exact) mass is 262 g/mol. The fourth-order valence-corrected chi connectivity index (χ4v) is 2.62. The zero-order valence-corrected chi connectivity index (χ0v) is 11.6. The molecule has 0 radical (unpaired) electrons. The lowest BCUT2D eigenvalue weighted by Crippen LogP contribution is -2.42. The van der Waals surface area contributed by atoms with E-state index in [0.717, 1.165) is 42.5 Å². The molecule has 3 N–H and O–H groups in total. The van der Waals surface area contributed by atoms with E-state index in [0.29, 0.717) is 6.54 Å². The van der Waals surface area contributed by atoms with Gasteiger partial charge in [0.2, 0.25) is 0 Å². The summed E-state index contributed by atoms with van der Waals surface area (Å²) in [6.07, 6.45) is 3.63. The molecule has 0 saturated heterocycles. The van der Waals surface area contributed by atoms with Gasteiger partial charge in [0.15, 0.2) is 0 Å². The highest BCUT2D eigenvalue weighted by molar-refractivity contribution is 5.91. The number of carbonyl (C=O) groups is 1. The molecule has 1 aromatic carbocycles. The third kappa shape index (κ3) is 3.47. The smallest absolute Gasteiger partial charge is 0.319 e. The van der Waals surface area contributed by atoms with E-state index in [1.807, 2.05) is 32.0 Å². The molecule has 19 heavy (non-hydrogen) atoms. The standard InChI is InChI=1S/C15H22N2O2/c1-11-6-5-7-12(2)13(11)17-14(18)16-10-15(19)8-3-4-9-15/h5-7,19H,3-4,8-10H2,1-2H3,(H2,16,17,18). The maximum absolute atomic E-state index is 11.9. The number of para-hydroxylation sites is 1. The summed E-state index contributed by atoms with van der Waals surface area (Å²) < 4.78 is 0. The molecule has 2 amide bonds. The SMILES string of the molecule is Cc1cccc(C)c1NC(=O)NCC1(O)CCCC1. The lowest BCUT2D eigenvalue weighted by atomic mass is 10.0. The van der Waals surface area contributed by atoms with E-state index < -0.39 is 5.60 Å². The second kappa shape index (κ2) is 5.61. The molecule has 0 bridgehead atoms. The molecule has 0 unspecified atom stereocenters. The Morgan fingerprint density at radius 2 is 1.84 bits per heavy atom. The third-order valence-electron chi connectivity index (χ3n) is 3.83. The quantitative estimate of drug-likeness (QED) is 0.784. The number of hydrogen-bond acceptors (Lipinski definition) is 2. The number of anilines is 1. The Morgan fingerprint density at radius 1 is 1.26 bits per heavy atom. The summed E-state index contributed by atoms with van der Waals surface area (Å²) in [5.41, 5.74) is 2.21. The first-order valence-electron chi connectivity index (χ1n) is 6.84. The van der Waals surface area contributed by atoms with Crippen LogP contribution >= 0.6 is 0 Å². The van der Waals surface area contributed by atoms with E-state index in [4.69, 9.17) is 0 Å². The average Bonchev–Trinajstić information content (AvgIpc) is 2.79. The summed E-state index contributed by atoms with van der Waals surface area (Å²) >= 11 is 0. The van der Waals surface area contributed by atoms with E-state index in [-0.39, 0.29) is 6.03 Å². The number of benzene rings is 1. The van der Waals surface area contributed by atoms with Gasteiger partial charge in [0, 0.05) is 12.2 Å². The Labute approximate surface area is 114 Å². The minimum absolute atomic E-state index is 0.252. The predicted octanol–water partition coefficient (Wildman–Crippen LogP) is 2.73. The number of hydrogen-bond donors (Lipinski definition) is 3. The average molecular weight is 262 g/mol. The van der Waals surface area contributed by atoms with Crippen LogP contribution in [0, 0.1) is 13.8 Å². The van der Waals surface area contributed by atoms with Gasteiger partial charge in [-0.25, -0.2) is 4.79 Å². The Bertz CT molecular complexity index is 445. The van der Waals surface area contributed by atoms with E-state index in [2.05, 4.69) is 10.6 Å². The van der Waals surface area contributed by atoms with E-state index in [1.54, 1.807) is 0 Å². The minimum Gasteiger partial charge on any atom is -0.388 e. The van der Waals surface area contributed by atoms with Gasteiger partial charge in [0.05, 0.1) is 5.60 Å². The topological polar surface area (TPSA) is 61.4 Å². The van der Waals surface area contributed by atoms with Crippen molar-refractivity contribution in [1.82, 2.24) is 5.32 Å². The molecule has 4 heteroatoms. The number of carbonyl (C=O) groups excluding carboxylic acids is 1. The number of aliphatic hydroxyl groups is 1. The van der Waals surface area contributed by atoms with Gasteiger partial charge in [0.1, 0.15) is 0 Å². The van der Waals surface area contributed by atoms with Gasteiger partial charge in [0.25, 0.3) is 0 Å². The number of rotatable bonds is 3. The maximum Gasteiger partial charge on any atom is 0.319 e. The summed E-state index contributed by atoms with van der Waals surface area (Å²) in [5.74, 6) is 0. The largest absolute Gasteiger partial charge is 0.388 e. The van der Waals surface area contributed by atoms with Crippen LogP contribution in [-0.2, 0) is 0 Å². The Balaban J connectivity index is 1.91. The Hall–Kier alpha value is -1.55. The molecule has 4 nitrogen and oxygen atoms in total. The molecule has 104 valence electrons. The van der Waals surface area contributed by atoms with Gasteiger partial charge in [-0.05, 0) is 37.8 Å². The van der Waals surface area contributed by atoms with Crippen molar-refractivity contribution in [3.05, 3.63) is 29.3 Å². The summed E-state index contributed by atoms with van der Waals surface area (Å²) in [6.45, 7) is 4.25. The molecule has 0 spiro atoms. The molecule has 0 heterocycles. The van der Waals surface area contributed by atoms with Crippen molar-refractivity contribution in [3.8, 4) is 0 Å². The number of urea groups is 1. The predicted molar refractivity (Wildman–Crippen MR) is 76.4 cm³/mol. The van der Waals surface area contributed by atoms with Crippen molar-refractivity contribution >= 4 is 11.7 Å². The van der Waals surface area contributed by atoms with Crippen molar-refractivity contribution in [1.29, 1.82) is 0 Å². The van der Waals surface area contributed by atoms with Gasteiger partial charge in [-0.2, -0.15) is 0 Å². The van der Waals surface area contributed by atoms with Gasteiger partial charge < -0.3 is 15.7 Å². The van der Waals surface area contributed by atoms with Crippen LogP contribution in [0.4, 0.5) is 10.5 Å². The molecule has 2 rings (SSSR count). The fraction of sp³-hybridized carbons (Fsp3) is 0.533. The molecule has 1 saturated carbocycles. The molecular formula is C15H22N2O2. The van der Waals surface area contributed by atoms with Crippen molar-refractivity contribution in [2.75, 3.05) is 11.9 Å². The normalized spacial score (nSPS) is 17.2. The Kier molecular flexibility index (Phi) is 4.10. The van der Waals surface area contributed by atoms with Crippen molar-refractivity contribution in [2.24, 2.45) is 0 Å². The molecule has 0 aliphatic heterocycles. The first-order chi connectivity index (χ1) is 9.00. The Morgan fingerprint density at radius 3 is 2.42 bits per heavy atom. The van der Waals surface area contributed by atoms with E-state index >= 15 is 0 Å². The van der Waals surface area contributed by atoms with Crippen LogP contribution in [0.15, 0.2) is 18.2 Å². The highest BCUT2D eigenvalue weighted by atomic mass is 16.3. The fourth-order valence-electron chi connectivity index (χ4n) is 2.62. The molecule has 0 aromatic heterocycles. The minimum atomic E-state index is -0.710. The summed E-state index contributed by atoms with van der Waals surface area (Å²) in [7, 11) is 0. The first kappa shape index (κ1) is 13.9. The first-order valence-corrected chi connectivity index (χ1v) is 6.84. The molecule has 1 aliphatic carbocycles. The molecule has 0 atom stereocenters. The number of nitrogens with one attached hydrogen (secondary N) is 2. The van der Waals surface area contributed by atoms with Gasteiger partial charge >= 0.3 is 6.03 Å². The van der Waals surface area contributed by atoms with Gasteiger partial charge in [-0.15, -0.1) is 0 Å². The molecule has 1 aliphatic rings. The third-order valence-corrected chi connectivity index (χ3v) is 3.83. The highest BCUT2D eigenvalue weighted by Gasteiger charge is 2.31. The number of aryl methyl sites for hydroxylation is 2. The van der Waals surface area contributed by atoms with Crippen LogP contribution in [0.1, 0.15) is 36.8 Å². The van der Waals surface area contributed by atoms with E-state index in [9.17, 15) is 9.90 Å². The number of amides is 2. The molecular weight excluding hydrogens is 240 g/mol. The van der Waals surface area contributed by atoms with E-state index in [1.165, 1.54) is 0 Å².